The van der Waals surface area contributed by atoms with Crippen LogP contribution in [-0.4, -0.2) is 25.5 Å². The number of carbonyl (C=O) groups excluding carboxylic acids is 2. The lowest BCUT2D eigenvalue weighted by molar-refractivity contribution is -0.121. The number of carbonyl (C=O) groups is 2. The highest BCUT2D eigenvalue weighted by Crippen LogP contribution is 2.21. The molecule has 1 unspecified atom stereocenters. The van der Waals surface area contributed by atoms with Gasteiger partial charge in [-0.2, -0.15) is 0 Å². The van der Waals surface area contributed by atoms with E-state index >= 15 is 0 Å². The topological polar surface area (TPSA) is 67.4 Å². The molecule has 2 amide bonds. The average Bonchev–Trinajstić information content (AvgIpc) is 2.67. The van der Waals surface area contributed by atoms with Crippen LogP contribution < -0.4 is 15.4 Å². The van der Waals surface area contributed by atoms with Crippen molar-refractivity contribution in [2.75, 3.05) is 13.7 Å². The molecule has 0 spiro atoms. The van der Waals surface area contributed by atoms with Gasteiger partial charge in [0, 0.05) is 13.0 Å². The zero-order valence-electron chi connectivity index (χ0n) is 16.2. The van der Waals surface area contributed by atoms with Crippen LogP contribution in [0.15, 0.2) is 54.6 Å². The van der Waals surface area contributed by atoms with E-state index < -0.39 is 0 Å². The van der Waals surface area contributed by atoms with Crippen LogP contribution in [0.4, 0.5) is 0 Å². The van der Waals surface area contributed by atoms with E-state index in [1.807, 2.05) is 36.4 Å². The molecule has 2 aromatic rings. The third-order valence-electron chi connectivity index (χ3n) is 4.23. The number of benzene rings is 2. The molecule has 144 valence electrons. The number of hydrogen-bond acceptors (Lipinski definition) is 3. The van der Waals surface area contributed by atoms with Crippen molar-refractivity contribution >= 4 is 11.8 Å². The molecule has 0 saturated heterocycles. The SMILES string of the molecule is COc1ccccc1C(=O)NCCC(=O)NC(CC(C)C)c1ccccc1. The Labute approximate surface area is 161 Å². The van der Waals surface area contributed by atoms with Crippen molar-refractivity contribution < 1.29 is 14.3 Å². The summed E-state index contributed by atoms with van der Waals surface area (Å²) in [7, 11) is 1.53. The van der Waals surface area contributed by atoms with Crippen LogP contribution >= 0.6 is 0 Å². The molecule has 0 aliphatic rings. The zero-order valence-corrected chi connectivity index (χ0v) is 16.2. The number of ether oxygens (including phenoxy) is 1. The van der Waals surface area contributed by atoms with Crippen molar-refractivity contribution in [1.29, 1.82) is 0 Å². The molecule has 2 N–H and O–H groups in total. The van der Waals surface area contributed by atoms with E-state index in [0.29, 0.717) is 17.2 Å². The van der Waals surface area contributed by atoms with Crippen LogP contribution in [0.5, 0.6) is 5.75 Å². The fraction of sp³-hybridized carbons (Fsp3) is 0.364. The van der Waals surface area contributed by atoms with Gasteiger partial charge in [-0.3, -0.25) is 9.59 Å². The van der Waals surface area contributed by atoms with Gasteiger partial charge in [0.05, 0.1) is 18.7 Å². The summed E-state index contributed by atoms with van der Waals surface area (Å²) in [6, 6.07) is 17.0. The fourth-order valence-corrected chi connectivity index (χ4v) is 2.92. The maximum absolute atomic E-state index is 12.4. The van der Waals surface area contributed by atoms with Crippen molar-refractivity contribution in [3.05, 3.63) is 65.7 Å². The Balaban J connectivity index is 1.88. The summed E-state index contributed by atoms with van der Waals surface area (Å²) >= 11 is 0. The van der Waals surface area contributed by atoms with Crippen LogP contribution in [0.25, 0.3) is 0 Å². The Kier molecular flexibility index (Phi) is 7.86. The zero-order chi connectivity index (χ0) is 19.6. The highest BCUT2D eigenvalue weighted by Gasteiger charge is 2.16. The van der Waals surface area contributed by atoms with Crippen molar-refractivity contribution in [3.63, 3.8) is 0 Å². The van der Waals surface area contributed by atoms with Crippen LogP contribution in [-0.2, 0) is 4.79 Å². The first-order valence-corrected chi connectivity index (χ1v) is 9.26. The van der Waals surface area contributed by atoms with Gasteiger partial charge in [0.25, 0.3) is 5.91 Å². The second-order valence-corrected chi connectivity index (χ2v) is 6.87. The molecule has 0 heterocycles. The van der Waals surface area contributed by atoms with E-state index in [1.165, 1.54) is 7.11 Å². The van der Waals surface area contributed by atoms with Gasteiger partial charge in [0.15, 0.2) is 0 Å². The second kappa shape index (κ2) is 10.4. The normalized spacial score (nSPS) is 11.7. The standard InChI is InChI=1S/C22H28N2O3/c1-16(2)15-19(17-9-5-4-6-10-17)24-21(25)13-14-23-22(26)18-11-7-8-12-20(18)27-3/h4-12,16,19H,13-15H2,1-3H3,(H,23,26)(H,24,25). The van der Waals surface area contributed by atoms with E-state index in [1.54, 1.807) is 18.2 Å². The van der Waals surface area contributed by atoms with E-state index in [2.05, 4.69) is 24.5 Å². The van der Waals surface area contributed by atoms with Crippen molar-refractivity contribution in [1.82, 2.24) is 10.6 Å². The van der Waals surface area contributed by atoms with Crippen molar-refractivity contribution in [2.45, 2.75) is 32.7 Å². The number of nitrogens with one attached hydrogen (secondary N) is 2. The van der Waals surface area contributed by atoms with E-state index in [-0.39, 0.29) is 30.8 Å². The lowest BCUT2D eigenvalue weighted by Crippen LogP contribution is -2.33. The second-order valence-electron chi connectivity index (χ2n) is 6.87. The van der Waals surface area contributed by atoms with Gasteiger partial charge in [0.2, 0.25) is 5.91 Å². The summed E-state index contributed by atoms with van der Waals surface area (Å²) < 4.78 is 5.19. The average molecular weight is 368 g/mol. The molecule has 0 bridgehead atoms. The molecule has 1 atom stereocenters. The first-order chi connectivity index (χ1) is 13.0. The summed E-state index contributed by atoms with van der Waals surface area (Å²) in [6.45, 7) is 4.54. The van der Waals surface area contributed by atoms with E-state index in [9.17, 15) is 9.59 Å². The number of hydrogen-bond donors (Lipinski definition) is 2. The number of methoxy groups -OCH3 is 1. The van der Waals surface area contributed by atoms with Crippen LogP contribution in [0.1, 0.15) is 48.7 Å². The quantitative estimate of drug-likeness (QED) is 0.709. The molecule has 27 heavy (non-hydrogen) atoms. The van der Waals surface area contributed by atoms with Crippen molar-refractivity contribution in [2.24, 2.45) is 5.92 Å². The minimum Gasteiger partial charge on any atom is -0.496 e. The lowest BCUT2D eigenvalue weighted by atomic mass is 9.97. The Bertz CT molecular complexity index is 744. The van der Waals surface area contributed by atoms with Gasteiger partial charge in [-0.25, -0.2) is 0 Å². The van der Waals surface area contributed by atoms with E-state index in [4.69, 9.17) is 4.74 Å². The largest absolute Gasteiger partial charge is 0.496 e. The molecule has 2 aromatic carbocycles. The summed E-state index contributed by atoms with van der Waals surface area (Å²) in [6.07, 6.45) is 1.09. The number of amides is 2. The van der Waals surface area contributed by atoms with Crippen LogP contribution in [0.2, 0.25) is 0 Å². The van der Waals surface area contributed by atoms with Crippen molar-refractivity contribution in [3.8, 4) is 5.75 Å². The van der Waals surface area contributed by atoms with E-state index in [0.717, 1.165) is 12.0 Å². The molecule has 0 saturated carbocycles. The summed E-state index contributed by atoms with van der Waals surface area (Å²) in [5, 5.41) is 5.86. The molecule has 0 aliphatic heterocycles. The number of para-hydroxylation sites is 1. The van der Waals surface area contributed by atoms with Gasteiger partial charge in [0.1, 0.15) is 5.75 Å². The predicted molar refractivity (Wildman–Crippen MR) is 107 cm³/mol. The first-order valence-electron chi connectivity index (χ1n) is 9.26. The monoisotopic (exact) mass is 368 g/mol. The van der Waals surface area contributed by atoms with Gasteiger partial charge < -0.3 is 15.4 Å². The highest BCUT2D eigenvalue weighted by atomic mass is 16.5. The molecule has 2 rings (SSSR count). The van der Waals surface area contributed by atoms with Gasteiger partial charge in [-0.15, -0.1) is 0 Å². The molecule has 0 aromatic heterocycles. The Hall–Kier alpha value is -2.82. The first kappa shape index (κ1) is 20.5. The maximum Gasteiger partial charge on any atom is 0.255 e. The molecule has 5 heteroatoms. The highest BCUT2D eigenvalue weighted by molar-refractivity contribution is 5.97. The Morgan fingerprint density at radius 3 is 2.33 bits per heavy atom. The molecule has 0 aliphatic carbocycles. The van der Waals surface area contributed by atoms with Crippen LogP contribution in [0.3, 0.4) is 0 Å². The minimum absolute atomic E-state index is 0.0244. The Morgan fingerprint density at radius 2 is 1.67 bits per heavy atom. The maximum atomic E-state index is 12.4. The predicted octanol–water partition coefficient (Wildman–Crippen LogP) is 3.72. The minimum atomic E-state index is -0.248. The third kappa shape index (κ3) is 6.44. The molecular weight excluding hydrogens is 340 g/mol. The van der Waals surface area contributed by atoms with Gasteiger partial charge in [-0.05, 0) is 30.0 Å². The summed E-state index contributed by atoms with van der Waals surface area (Å²) in [5.41, 5.74) is 1.56. The molecular formula is C22H28N2O3. The lowest BCUT2D eigenvalue weighted by Gasteiger charge is -2.21. The summed E-state index contributed by atoms with van der Waals surface area (Å²) in [4.78, 5) is 24.6. The third-order valence-corrected chi connectivity index (χ3v) is 4.23. The van der Waals surface area contributed by atoms with Crippen LogP contribution in [0, 0.1) is 5.92 Å². The Morgan fingerprint density at radius 1 is 1.00 bits per heavy atom. The molecule has 5 nitrogen and oxygen atoms in total. The smallest absolute Gasteiger partial charge is 0.255 e. The molecule has 0 radical (unpaired) electrons. The summed E-state index contributed by atoms with van der Waals surface area (Å²) in [5.74, 6) is 0.646. The van der Waals surface area contributed by atoms with Gasteiger partial charge >= 0.3 is 0 Å². The number of rotatable bonds is 9. The fourth-order valence-electron chi connectivity index (χ4n) is 2.92. The molecule has 0 fully saturated rings. The van der Waals surface area contributed by atoms with Gasteiger partial charge in [-0.1, -0.05) is 56.3 Å².